The van der Waals surface area contributed by atoms with Crippen molar-refractivity contribution in [3.8, 4) is 11.8 Å². The third kappa shape index (κ3) is 8.33. The van der Waals surface area contributed by atoms with Gasteiger partial charge in [0, 0.05) is 12.1 Å². The molecule has 0 bridgehead atoms. The standard InChI is InChI=1S/C15H29NO4Si3/c1-21(2,3)18-13-10-12(15(17)20-23(7,8)9)11-14(16-13)19-22(4,5)6/h10-11H,1-9H3. The lowest BCUT2D eigenvalue weighted by Crippen LogP contribution is -2.32. The minimum atomic E-state index is -1.97. The maximum atomic E-state index is 12.4. The second-order valence-electron chi connectivity index (χ2n) is 8.46. The van der Waals surface area contributed by atoms with Crippen LogP contribution in [0.5, 0.6) is 11.8 Å². The maximum absolute atomic E-state index is 12.4. The van der Waals surface area contributed by atoms with Crippen molar-refractivity contribution in [3.05, 3.63) is 17.7 Å². The molecule has 0 radical (unpaired) electrons. The first-order valence-corrected chi connectivity index (χ1v) is 18.0. The van der Waals surface area contributed by atoms with Crippen molar-refractivity contribution in [1.82, 2.24) is 4.98 Å². The minimum Gasteiger partial charge on any atom is -0.531 e. The van der Waals surface area contributed by atoms with Crippen LogP contribution in [0.2, 0.25) is 58.9 Å². The first-order chi connectivity index (χ1) is 10.1. The van der Waals surface area contributed by atoms with E-state index in [1.165, 1.54) is 0 Å². The third-order valence-corrected chi connectivity index (χ3v) is 4.68. The van der Waals surface area contributed by atoms with E-state index in [1.54, 1.807) is 12.1 Å². The van der Waals surface area contributed by atoms with Crippen LogP contribution in [0.25, 0.3) is 0 Å². The SMILES string of the molecule is C[Si](C)(C)OC(=O)c1cc(O[Si](C)(C)C)nc(O[Si](C)(C)C)c1. The van der Waals surface area contributed by atoms with Crippen LogP contribution < -0.4 is 8.85 Å². The summed E-state index contributed by atoms with van der Waals surface area (Å²) in [6, 6.07) is 3.30. The van der Waals surface area contributed by atoms with Gasteiger partial charge in [0.2, 0.25) is 36.7 Å². The van der Waals surface area contributed by atoms with Gasteiger partial charge in [0.05, 0.1) is 5.56 Å². The Balaban J connectivity index is 3.20. The smallest absolute Gasteiger partial charge is 0.325 e. The van der Waals surface area contributed by atoms with Crippen molar-refractivity contribution >= 4 is 30.9 Å². The van der Waals surface area contributed by atoms with Crippen molar-refractivity contribution < 1.29 is 18.1 Å². The molecular weight excluding hydrogens is 342 g/mol. The number of rotatable bonds is 6. The molecule has 0 saturated carbocycles. The van der Waals surface area contributed by atoms with Crippen LogP contribution in [0.3, 0.4) is 0 Å². The van der Waals surface area contributed by atoms with Crippen molar-refractivity contribution in [2.45, 2.75) is 58.9 Å². The summed E-state index contributed by atoms with van der Waals surface area (Å²) >= 11 is 0. The van der Waals surface area contributed by atoms with Gasteiger partial charge in [-0.05, 0) is 58.9 Å². The molecule has 1 heterocycles. The number of hydrogen-bond donors (Lipinski definition) is 0. The lowest BCUT2D eigenvalue weighted by molar-refractivity contribution is 0.0723. The number of pyridine rings is 1. The van der Waals surface area contributed by atoms with Crippen LogP contribution in [-0.2, 0) is 4.43 Å². The van der Waals surface area contributed by atoms with Crippen LogP contribution in [-0.4, -0.2) is 35.9 Å². The molecule has 8 heteroatoms. The number of carbonyl (C=O) groups is 1. The zero-order chi connectivity index (χ0) is 18.1. The zero-order valence-corrected chi connectivity index (χ0v) is 18.7. The number of carbonyl (C=O) groups excluding carboxylic acids is 1. The second kappa shape index (κ2) is 6.78. The van der Waals surface area contributed by atoms with Gasteiger partial charge in [-0.2, -0.15) is 4.98 Å². The Labute approximate surface area is 142 Å². The van der Waals surface area contributed by atoms with Crippen LogP contribution in [0.1, 0.15) is 10.4 Å². The molecule has 0 amide bonds. The van der Waals surface area contributed by atoms with Crippen molar-refractivity contribution in [3.63, 3.8) is 0 Å². The molecule has 1 rings (SSSR count). The minimum absolute atomic E-state index is 0.340. The lowest BCUT2D eigenvalue weighted by Gasteiger charge is -2.23. The second-order valence-corrected chi connectivity index (χ2v) is 21.7. The number of aromatic nitrogens is 1. The van der Waals surface area contributed by atoms with Crippen LogP contribution in [0.4, 0.5) is 0 Å². The van der Waals surface area contributed by atoms with E-state index in [1.807, 2.05) is 19.6 Å². The van der Waals surface area contributed by atoms with Crippen molar-refractivity contribution in [2.75, 3.05) is 0 Å². The van der Waals surface area contributed by atoms with Gasteiger partial charge in [-0.25, -0.2) is 4.79 Å². The molecule has 0 saturated heterocycles. The normalized spacial score (nSPS) is 12.7. The first-order valence-electron chi connectivity index (χ1n) is 7.78. The fraction of sp³-hybridized carbons (Fsp3) is 0.600. The van der Waals surface area contributed by atoms with Gasteiger partial charge in [-0.3, -0.25) is 0 Å². The quantitative estimate of drug-likeness (QED) is 0.689. The maximum Gasteiger partial charge on any atom is 0.325 e. The molecule has 130 valence electrons. The Hall–Kier alpha value is -1.13. The molecular formula is C15H29NO4Si3. The Kier molecular flexibility index (Phi) is 5.87. The van der Waals surface area contributed by atoms with Gasteiger partial charge in [0.15, 0.2) is 0 Å². The Bertz CT molecular complexity index is 537. The predicted octanol–water partition coefficient (Wildman–Crippen LogP) is 4.50. The van der Waals surface area contributed by atoms with E-state index < -0.39 is 25.0 Å². The average molecular weight is 372 g/mol. The summed E-state index contributed by atoms with van der Waals surface area (Å²) in [5.41, 5.74) is 0.434. The first kappa shape index (κ1) is 19.9. The third-order valence-electron chi connectivity index (χ3n) is 2.23. The van der Waals surface area contributed by atoms with E-state index in [0.29, 0.717) is 17.3 Å². The summed E-state index contributed by atoms with van der Waals surface area (Å²) in [6.07, 6.45) is 0. The topological polar surface area (TPSA) is 57.7 Å². The average Bonchev–Trinajstić information content (AvgIpc) is 2.20. The Morgan fingerprint density at radius 3 is 1.48 bits per heavy atom. The Morgan fingerprint density at radius 2 is 1.17 bits per heavy atom. The number of hydrogen-bond acceptors (Lipinski definition) is 5. The predicted molar refractivity (Wildman–Crippen MR) is 101 cm³/mol. The molecule has 0 N–H and O–H groups in total. The summed E-state index contributed by atoms with van der Waals surface area (Å²) in [5, 5.41) is 0. The van der Waals surface area contributed by atoms with E-state index in [-0.39, 0.29) is 5.97 Å². The Morgan fingerprint density at radius 1 is 0.783 bits per heavy atom. The van der Waals surface area contributed by atoms with Crippen LogP contribution >= 0.6 is 0 Å². The summed E-state index contributed by atoms with van der Waals surface area (Å²) < 4.78 is 17.5. The zero-order valence-electron chi connectivity index (χ0n) is 15.7. The van der Waals surface area contributed by atoms with Gasteiger partial charge in [-0.1, -0.05) is 0 Å². The van der Waals surface area contributed by atoms with Crippen molar-refractivity contribution in [1.29, 1.82) is 0 Å². The van der Waals surface area contributed by atoms with E-state index in [4.69, 9.17) is 13.3 Å². The molecule has 0 aliphatic carbocycles. The van der Waals surface area contributed by atoms with Gasteiger partial charge in [0.1, 0.15) is 0 Å². The molecule has 0 atom stereocenters. The molecule has 5 nitrogen and oxygen atoms in total. The summed E-state index contributed by atoms with van der Waals surface area (Å²) in [7, 11) is -5.63. The molecule has 23 heavy (non-hydrogen) atoms. The monoisotopic (exact) mass is 371 g/mol. The highest BCUT2D eigenvalue weighted by molar-refractivity contribution is 6.71. The summed E-state index contributed by atoms with van der Waals surface area (Å²) in [6.45, 7) is 18.4. The largest absolute Gasteiger partial charge is 0.531 e. The molecule has 0 aromatic carbocycles. The molecule has 1 aromatic rings. The molecule has 0 spiro atoms. The van der Waals surface area contributed by atoms with Crippen molar-refractivity contribution in [2.24, 2.45) is 0 Å². The molecule has 0 aliphatic heterocycles. The molecule has 0 fully saturated rings. The summed E-state index contributed by atoms with van der Waals surface area (Å²) in [5.74, 6) is 0.525. The van der Waals surface area contributed by atoms with E-state index in [9.17, 15) is 4.79 Å². The molecule has 1 aromatic heterocycles. The van der Waals surface area contributed by atoms with Crippen LogP contribution in [0, 0.1) is 0 Å². The number of nitrogens with zero attached hydrogens (tertiary/aromatic N) is 1. The highest BCUT2D eigenvalue weighted by Crippen LogP contribution is 2.24. The summed E-state index contributed by atoms with van der Waals surface area (Å²) in [4.78, 5) is 16.8. The highest BCUT2D eigenvalue weighted by atomic mass is 28.4. The van der Waals surface area contributed by atoms with Gasteiger partial charge < -0.3 is 13.3 Å². The van der Waals surface area contributed by atoms with E-state index >= 15 is 0 Å². The fourth-order valence-corrected chi connectivity index (χ4v) is 3.81. The molecule has 0 aliphatic rings. The fourth-order valence-electron chi connectivity index (χ4n) is 1.67. The lowest BCUT2D eigenvalue weighted by atomic mass is 10.3. The van der Waals surface area contributed by atoms with E-state index in [0.717, 1.165) is 0 Å². The van der Waals surface area contributed by atoms with E-state index in [2.05, 4.69) is 44.3 Å². The van der Waals surface area contributed by atoms with Gasteiger partial charge >= 0.3 is 5.97 Å². The van der Waals surface area contributed by atoms with Gasteiger partial charge in [0.25, 0.3) is 0 Å². The highest BCUT2D eigenvalue weighted by Gasteiger charge is 2.25. The van der Waals surface area contributed by atoms with Gasteiger partial charge in [-0.15, -0.1) is 0 Å². The van der Waals surface area contributed by atoms with Crippen LogP contribution in [0.15, 0.2) is 12.1 Å². The molecule has 0 unspecified atom stereocenters.